The summed E-state index contributed by atoms with van der Waals surface area (Å²) in [6.07, 6.45) is 3.28. The van der Waals surface area contributed by atoms with Gasteiger partial charge >= 0.3 is 0 Å². The van der Waals surface area contributed by atoms with Gasteiger partial charge in [-0.3, -0.25) is 4.79 Å². The molecular weight excluding hydrogens is 168 g/mol. The summed E-state index contributed by atoms with van der Waals surface area (Å²) in [5, 5.41) is 2.54. The molecule has 5 nitrogen and oxygen atoms in total. The van der Waals surface area contributed by atoms with Gasteiger partial charge in [-0.15, -0.1) is 0 Å². The minimum absolute atomic E-state index is 0.0556. The molecule has 72 valence electrons. The molecule has 5 heteroatoms. The van der Waals surface area contributed by atoms with Crippen LogP contribution in [0.3, 0.4) is 0 Å². The van der Waals surface area contributed by atoms with Crippen LogP contribution in [0, 0.1) is 0 Å². The Labute approximate surface area is 76.9 Å². The summed E-state index contributed by atoms with van der Waals surface area (Å²) < 4.78 is 1.74. The quantitative estimate of drug-likeness (QED) is 0.671. The number of likely N-dealkylation sites (N-methyl/N-ethyl adjacent to an activating group) is 1. The van der Waals surface area contributed by atoms with Crippen molar-refractivity contribution in [1.29, 1.82) is 0 Å². The normalized spacial score (nSPS) is 12.5. The van der Waals surface area contributed by atoms with Crippen molar-refractivity contribution in [2.24, 2.45) is 5.73 Å². The van der Waals surface area contributed by atoms with Crippen LogP contribution in [-0.2, 0) is 11.3 Å². The Bertz CT molecular complexity index is 292. The highest BCUT2D eigenvalue weighted by Crippen LogP contribution is 2.07. The van der Waals surface area contributed by atoms with Gasteiger partial charge in [-0.25, -0.2) is 4.98 Å². The first-order chi connectivity index (χ1) is 6.15. The van der Waals surface area contributed by atoms with Gasteiger partial charge in [-0.1, -0.05) is 0 Å². The summed E-state index contributed by atoms with van der Waals surface area (Å²) in [5.74, 6) is -0.0556. The SMILES string of the molecule is CNC(=O)Cn1cncc1[C@H](C)N. The summed E-state index contributed by atoms with van der Waals surface area (Å²) in [5.41, 5.74) is 6.55. The highest BCUT2D eigenvalue weighted by atomic mass is 16.1. The van der Waals surface area contributed by atoms with Gasteiger partial charge in [0, 0.05) is 19.3 Å². The number of imidazole rings is 1. The van der Waals surface area contributed by atoms with Crippen molar-refractivity contribution in [3.05, 3.63) is 18.2 Å². The van der Waals surface area contributed by atoms with Crippen LogP contribution in [-0.4, -0.2) is 22.5 Å². The van der Waals surface area contributed by atoms with E-state index in [1.165, 1.54) is 0 Å². The van der Waals surface area contributed by atoms with Crippen molar-refractivity contribution in [2.45, 2.75) is 19.5 Å². The maximum absolute atomic E-state index is 11.1. The fourth-order valence-electron chi connectivity index (χ4n) is 1.08. The molecule has 0 saturated heterocycles. The van der Waals surface area contributed by atoms with Crippen LogP contribution in [0.4, 0.5) is 0 Å². The van der Waals surface area contributed by atoms with Gasteiger partial charge in [0.25, 0.3) is 0 Å². The fourth-order valence-corrected chi connectivity index (χ4v) is 1.08. The van der Waals surface area contributed by atoms with Crippen LogP contribution in [0.2, 0.25) is 0 Å². The maximum atomic E-state index is 11.1. The average molecular weight is 182 g/mol. The zero-order valence-electron chi connectivity index (χ0n) is 7.82. The van der Waals surface area contributed by atoms with Gasteiger partial charge in [0.05, 0.1) is 12.0 Å². The van der Waals surface area contributed by atoms with Gasteiger partial charge in [0.1, 0.15) is 6.54 Å². The van der Waals surface area contributed by atoms with E-state index in [1.54, 1.807) is 24.1 Å². The molecule has 1 heterocycles. The van der Waals surface area contributed by atoms with E-state index in [0.717, 1.165) is 5.69 Å². The van der Waals surface area contributed by atoms with Crippen LogP contribution in [0.1, 0.15) is 18.7 Å². The lowest BCUT2D eigenvalue weighted by atomic mass is 10.3. The van der Waals surface area contributed by atoms with Crippen molar-refractivity contribution in [3.8, 4) is 0 Å². The highest BCUT2D eigenvalue weighted by Gasteiger charge is 2.08. The average Bonchev–Trinajstić information content (AvgIpc) is 2.52. The Morgan fingerprint density at radius 1 is 1.85 bits per heavy atom. The van der Waals surface area contributed by atoms with E-state index in [4.69, 9.17) is 5.73 Å². The molecule has 3 N–H and O–H groups in total. The van der Waals surface area contributed by atoms with E-state index in [2.05, 4.69) is 10.3 Å². The Kier molecular flexibility index (Phi) is 3.02. The van der Waals surface area contributed by atoms with E-state index in [9.17, 15) is 4.79 Å². The molecule has 1 aromatic rings. The Balaban J connectivity index is 2.76. The Morgan fingerprint density at radius 3 is 3.08 bits per heavy atom. The molecular formula is C8H14N4O. The molecule has 0 radical (unpaired) electrons. The largest absolute Gasteiger partial charge is 0.358 e. The van der Waals surface area contributed by atoms with E-state index in [1.807, 2.05) is 6.92 Å². The number of nitrogens with two attached hydrogens (primary N) is 1. The van der Waals surface area contributed by atoms with Gasteiger partial charge in [0.2, 0.25) is 5.91 Å². The molecule has 0 bridgehead atoms. The highest BCUT2D eigenvalue weighted by molar-refractivity contribution is 5.75. The first-order valence-corrected chi connectivity index (χ1v) is 4.11. The third-order valence-electron chi connectivity index (χ3n) is 1.80. The zero-order chi connectivity index (χ0) is 9.84. The van der Waals surface area contributed by atoms with Crippen LogP contribution in [0.15, 0.2) is 12.5 Å². The summed E-state index contributed by atoms with van der Waals surface area (Å²) in [4.78, 5) is 15.0. The number of aromatic nitrogens is 2. The number of carbonyl (C=O) groups is 1. The summed E-state index contributed by atoms with van der Waals surface area (Å²) in [6, 6.07) is -0.104. The molecule has 0 aliphatic rings. The van der Waals surface area contributed by atoms with E-state index in [0.29, 0.717) is 0 Å². The van der Waals surface area contributed by atoms with E-state index < -0.39 is 0 Å². The van der Waals surface area contributed by atoms with Gasteiger partial charge in [0.15, 0.2) is 0 Å². The molecule has 0 aliphatic carbocycles. The predicted octanol–water partition coefficient (Wildman–Crippen LogP) is -0.351. The van der Waals surface area contributed by atoms with Gasteiger partial charge < -0.3 is 15.6 Å². The minimum Gasteiger partial charge on any atom is -0.358 e. The second-order valence-electron chi connectivity index (χ2n) is 2.91. The molecule has 1 rings (SSSR count). The van der Waals surface area contributed by atoms with Gasteiger partial charge in [-0.05, 0) is 6.92 Å². The molecule has 0 aromatic carbocycles. The van der Waals surface area contributed by atoms with Crippen LogP contribution in [0.5, 0.6) is 0 Å². The van der Waals surface area contributed by atoms with Gasteiger partial charge in [-0.2, -0.15) is 0 Å². The number of amides is 1. The van der Waals surface area contributed by atoms with Crippen molar-refractivity contribution in [1.82, 2.24) is 14.9 Å². The molecule has 1 aromatic heterocycles. The number of nitrogens with zero attached hydrogens (tertiary/aromatic N) is 2. The van der Waals surface area contributed by atoms with Crippen LogP contribution >= 0.6 is 0 Å². The summed E-state index contributed by atoms with van der Waals surface area (Å²) in [6.45, 7) is 2.13. The van der Waals surface area contributed by atoms with Crippen molar-refractivity contribution in [3.63, 3.8) is 0 Å². The van der Waals surface area contributed by atoms with Crippen LogP contribution in [0.25, 0.3) is 0 Å². The zero-order valence-corrected chi connectivity index (χ0v) is 7.82. The topological polar surface area (TPSA) is 72.9 Å². The Morgan fingerprint density at radius 2 is 2.54 bits per heavy atom. The van der Waals surface area contributed by atoms with E-state index >= 15 is 0 Å². The van der Waals surface area contributed by atoms with Crippen molar-refractivity contribution >= 4 is 5.91 Å². The van der Waals surface area contributed by atoms with Crippen LogP contribution < -0.4 is 11.1 Å². The maximum Gasteiger partial charge on any atom is 0.239 e. The Hall–Kier alpha value is -1.36. The number of hydrogen-bond donors (Lipinski definition) is 2. The number of rotatable bonds is 3. The standard InChI is InChI=1S/C8H14N4O/c1-6(9)7-3-11-5-12(7)4-8(13)10-2/h3,5-6H,4,9H2,1-2H3,(H,10,13)/t6-/m0/s1. The minimum atomic E-state index is -0.104. The number of nitrogens with one attached hydrogen (secondary N) is 1. The molecule has 0 aliphatic heterocycles. The summed E-state index contributed by atoms with van der Waals surface area (Å²) in [7, 11) is 1.60. The molecule has 1 amide bonds. The second kappa shape index (κ2) is 4.04. The monoisotopic (exact) mass is 182 g/mol. The molecule has 0 saturated carbocycles. The molecule has 0 fully saturated rings. The van der Waals surface area contributed by atoms with Crippen molar-refractivity contribution < 1.29 is 4.79 Å². The molecule has 13 heavy (non-hydrogen) atoms. The first kappa shape index (κ1) is 9.73. The van der Waals surface area contributed by atoms with E-state index in [-0.39, 0.29) is 18.5 Å². The third kappa shape index (κ3) is 2.29. The third-order valence-corrected chi connectivity index (χ3v) is 1.80. The lowest BCUT2D eigenvalue weighted by molar-refractivity contribution is -0.121. The summed E-state index contributed by atoms with van der Waals surface area (Å²) >= 11 is 0. The predicted molar refractivity (Wildman–Crippen MR) is 48.9 cm³/mol. The lowest BCUT2D eigenvalue weighted by Crippen LogP contribution is -2.25. The second-order valence-corrected chi connectivity index (χ2v) is 2.91. The molecule has 0 unspecified atom stereocenters. The smallest absolute Gasteiger partial charge is 0.239 e. The lowest BCUT2D eigenvalue weighted by Gasteiger charge is -2.09. The molecule has 0 spiro atoms. The number of carbonyl (C=O) groups excluding carboxylic acids is 1. The fraction of sp³-hybridized carbons (Fsp3) is 0.500. The number of hydrogen-bond acceptors (Lipinski definition) is 3. The van der Waals surface area contributed by atoms with Crippen molar-refractivity contribution in [2.75, 3.05) is 7.05 Å². The molecule has 1 atom stereocenters. The first-order valence-electron chi connectivity index (χ1n) is 4.11.